The predicted octanol–water partition coefficient (Wildman–Crippen LogP) is 8.71. The molecule has 4 aromatic rings. The largest absolute Gasteiger partial charge is 0.414 e. The first kappa shape index (κ1) is 35.2. The van der Waals surface area contributed by atoms with Crippen molar-refractivity contribution in [3.63, 3.8) is 0 Å². The van der Waals surface area contributed by atoms with Gasteiger partial charge in [0.15, 0.2) is 14.6 Å². The van der Waals surface area contributed by atoms with E-state index in [0.717, 1.165) is 22.3 Å². The highest BCUT2D eigenvalue weighted by molar-refractivity contribution is 6.74. The molecule has 0 N–H and O–H groups in total. The van der Waals surface area contributed by atoms with Crippen LogP contribution in [0.25, 0.3) is 0 Å². The average molecular weight is 655 g/mol. The van der Waals surface area contributed by atoms with Crippen LogP contribution in [0.5, 0.6) is 0 Å². The van der Waals surface area contributed by atoms with Crippen LogP contribution >= 0.6 is 0 Å². The fourth-order valence-corrected chi connectivity index (χ4v) is 6.29. The van der Waals surface area contributed by atoms with Crippen molar-refractivity contribution in [2.75, 3.05) is 6.61 Å². The lowest BCUT2D eigenvalue weighted by atomic mass is 9.97. The van der Waals surface area contributed by atoms with Crippen LogP contribution in [0.2, 0.25) is 18.1 Å². The Balaban J connectivity index is 1.48. The Morgan fingerprint density at radius 1 is 0.511 bits per heavy atom. The molecule has 1 heterocycles. The maximum absolute atomic E-state index is 6.85. The van der Waals surface area contributed by atoms with Crippen molar-refractivity contribution in [1.29, 1.82) is 0 Å². The van der Waals surface area contributed by atoms with Gasteiger partial charge in [-0.1, -0.05) is 142 Å². The molecule has 0 aromatic heterocycles. The molecular weight excluding hydrogens is 605 g/mol. The molecule has 5 atom stereocenters. The van der Waals surface area contributed by atoms with Crippen molar-refractivity contribution in [3.05, 3.63) is 144 Å². The lowest BCUT2D eigenvalue weighted by molar-refractivity contribution is -0.328. The summed E-state index contributed by atoms with van der Waals surface area (Å²) in [5.41, 5.74) is 4.25. The van der Waals surface area contributed by atoms with Gasteiger partial charge in [0.05, 0.1) is 33.0 Å². The lowest BCUT2D eigenvalue weighted by Crippen LogP contribution is -2.62. The predicted molar refractivity (Wildman–Crippen MR) is 188 cm³/mol. The Labute approximate surface area is 282 Å². The summed E-state index contributed by atoms with van der Waals surface area (Å²) in [6, 6.07) is 40.7. The number of rotatable bonds is 15. The number of benzene rings is 4. The van der Waals surface area contributed by atoms with E-state index in [4.69, 9.17) is 28.1 Å². The zero-order valence-corrected chi connectivity index (χ0v) is 29.4. The third kappa shape index (κ3) is 10.2. The van der Waals surface area contributed by atoms with Crippen LogP contribution < -0.4 is 0 Å². The molecule has 47 heavy (non-hydrogen) atoms. The van der Waals surface area contributed by atoms with E-state index in [0.29, 0.717) is 33.0 Å². The van der Waals surface area contributed by atoms with Gasteiger partial charge in [-0.2, -0.15) is 0 Å². The van der Waals surface area contributed by atoms with E-state index in [1.807, 2.05) is 72.8 Å². The van der Waals surface area contributed by atoms with Crippen molar-refractivity contribution in [2.24, 2.45) is 0 Å². The van der Waals surface area contributed by atoms with E-state index in [1.165, 1.54) is 0 Å². The summed E-state index contributed by atoms with van der Waals surface area (Å²) in [5.74, 6) is 0. The third-order valence-corrected chi connectivity index (χ3v) is 13.6. The van der Waals surface area contributed by atoms with E-state index >= 15 is 0 Å². The SMILES string of the molecule is CC(C)(C)[Si](C)(C)OCC1O[C@@H](OCc2ccccc2)C(OCc2ccccc2)[C@H](OCc2ccccc2)[C@@H]1OCc1ccccc1. The van der Waals surface area contributed by atoms with Gasteiger partial charge in [0, 0.05) is 0 Å². The van der Waals surface area contributed by atoms with Crippen LogP contribution in [0.15, 0.2) is 121 Å². The molecule has 0 spiro atoms. The molecule has 1 fully saturated rings. The van der Waals surface area contributed by atoms with Crippen molar-refractivity contribution >= 4 is 8.32 Å². The Kier molecular flexibility index (Phi) is 12.6. The molecule has 1 aliphatic rings. The molecule has 5 rings (SSSR count). The molecule has 0 aliphatic carbocycles. The van der Waals surface area contributed by atoms with Crippen LogP contribution in [0.3, 0.4) is 0 Å². The molecule has 0 amide bonds. The minimum atomic E-state index is -2.12. The first-order chi connectivity index (χ1) is 22.7. The van der Waals surface area contributed by atoms with Crippen LogP contribution in [0.1, 0.15) is 43.0 Å². The molecule has 0 radical (unpaired) electrons. The van der Waals surface area contributed by atoms with Crippen LogP contribution in [-0.4, -0.2) is 45.6 Å². The molecule has 4 aromatic carbocycles. The second-order valence-corrected chi connectivity index (χ2v) is 18.5. The molecule has 1 aliphatic heterocycles. The maximum atomic E-state index is 6.85. The van der Waals surface area contributed by atoms with Gasteiger partial charge in [-0.25, -0.2) is 0 Å². The summed E-state index contributed by atoms with van der Waals surface area (Å²) in [4.78, 5) is 0. The normalized spacial score (nSPS) is 21.9. The Hall–Kier alpha value is -3.14. The summed E-state index contributed by atoms with van der Waals surface area (Å²) in [6.45, 7) is 13.1. The standard InChI is InChI=1S/C40H50O6Si/c1-40(2,3)47(4,5)45-30-35-36(41-26-31-18-10-6-11-19-31)37(42-27-32-20-12-7-13-21-32)38(43-28-33-22-14-8-15-23-33)39(46-35)44-29-34-24-16-9-17-25-34/h6-25,35-39H,26-30H2,1-5H3/t35?,36-,37-,38?,39-/m1/s1. The highest BCUT2D eigenvalue weighted by atomic mass is 28.4. The Morgan fingerprint density at radius 3 is 1.28 bits per heavy atom. The van der Waals surface area contributed by atoms with Gasteiger partial charge >= 0.3 is 0 Å². The first-order valence-electron chi connectivity index (χ1n) is 16.6. The summed E-state index contributed by atoms with van der Waals surface area (Å²) >= 11 is 0. The van der Waals surface area contributed by atoms with Gasteiger partial charge in [0.2, 0.25) is 0 Å². The number of hydrogen-bond donors (Lipinski definition) is 0. The number of hydrogen-bond acceptors (Lipinski definition) is 6. The Morgan fingerprint density at radius 2 is 0.872 bits per heavy atom. The number of ether oxygens (including phenoxy) is 5. The zero-order chi connectivity index (χ0) is 33.1. The fourth-order valence-electron chi connectivity index (χ4n) is 5.27. The molecular formula is C40H50O6Si. The maximum Gasteiger partial charge on any atom is 0.192 e. The van der Waals surface area contributed by atoms with E-state index in [9.17, 15) is 0 Å². The average Bonchev–Trinajstić information content (AvgIpc) is 3.09. The van der Waals surface area contributed by atoms with Gasteiger partial charge < -0.3 is 28.1 Å². The van der Waals surface area contributed by atoms with Crippen LogP contribution in [0.4, 0.5) is 0 Å². The van der Waals surface area contributed by atoms with E-state index in [1.54, 1.807) is 0 Å². The van der Waals surface area contributed by atoms with Gasteiger partial charge in [-0.3, -0.25) is 0 Å². The van der Waals surface area contributed by atoms with Crippen molar-refractivity contribution in [1.82, 2.24) is 0 Å². The van der Waals surface area contributed by atoms with Crippen molar-refractivity contribution in [3.8, 4) is 0 Å². The highest BCUT2D eigenvalue weighted by Gasteiger charge is 2.50. The zero-order valence-electron chi connectivity index (χ0n) is 28.4. The third-order valence-electron chi connectivity index (χ3n) is 9.12. The van der Waals surface area contributed by atoms with Gasteiger partial charge in [-0.15, -0.1) is 0 Å². The topological polar surface area (TPSA) is 55.4 Å². The van der Waals surface area contributed by atoms with Crippen LogP contribution in [0, 0.1) is 0 Å². The summed E-state index contributed by atoms with van der Waals surface area (Å²) in [5, 5.41) is 0.0375. The minimum absolute atomic E-state index is 0.0375. The minimum Gasteiger partial charge on any atom is -0.414 e. The van der Waals surface area contributed by atoms with E-state index in [-0.39, 0.29) is 5.04 Å². The van der Waals surface area contributed by atoms with Gasteiger partial charge in [-0.05, 0) is 40.4 Å². The highest BCUT2D eigenvalue weighted by Crippen LogP contribution is 2.38. The van der Waals surface area contributed by atoms with Crippen molar-refractivity contribution < 1.29 is 28.1 Å². The quantitative estimate of drug-likeness (QED) is 0.120. The summed E-state index contributed by atoms with van der Waals surface area (Å²) in [6.07, 6.45) is -2.74. The molecule has 0 saturated carbocycles. The fraction of sp³-hybridized carbons (Fsp3) is 0.400. The second kappa shape index (κ2) is 16.8. The smallest absolute Gasteiger partial charge is 0.192 e. The van der Waals surface area contributed by atoms with Gasteiger partial charge in [0.1, 0.15) is 24.4 Å². The second-order valence-electron chi connectivity index (χ2n) is 13.7. The van der Waals surface area contributed by atoms with Gasteiger partial charge in [0.25, 0.3) is 0 Å². The monoisotopic (exact) mass is 654 g/mol. The molecule has 7 heteroatoms. The van der Waals surface area contributed by atoms with E-state index in [2.05, 4.69) is 82.4 Å². The summed E-state index contributed by atoms with van der Waals surface area (Å²) < 4.78 is 40.5. The molecule has 1 saturated heterocycles. The Bertz CT molecular complexity index is 1450. The van der Waals surface area contributed by atoms with E-state index < -0.39 is 39.0 Å². The molecule has 2 unspecified atom stereocenters. The summed E-state index contributed by atoms with van der Waals surface area (Å²) in [7, 11) is -2.12. The lowest BCUT2D eigenvalue weighted by Gasteiger charge is -2.47. The first-order valence-corrected chi connectivity index (χ1v) is 19.5. The van der Waals surface area contributed by atoms with Crippen molar-refractivity contribution in [2.45, 2.75) is 96.0 Å². The molecule has 6 nitrogen and oxygen atoms in total. The molecule has 250 valence electrons. The molecule has 0 bridgehead atoms. The van der Waals surface area contributed by atoms with Crippen LogP contribution in [-0.2, 0) is 54.5 Å².